The fourth-order valence-electron chi connectivity index (χ4n) is 4.03. The number of benzene rings is 2. The summed E-state index contributed by atoms with van der Waals surface area (Å²) in [5.74, 6) is 1.22. The maximum Gasteiger partial charge on any atom is 0.200 e. The van der Waals surface area contributed by atoms with E-state index in [0.29, 0.717) is 23.7 Å². The first-order chi connectivity index (χ1) is 14.1. The number of ether oxygens (including phenoxy) is 3. The zero-order chi connectivity index (χ0) is 20.4. The smallest absolute Gasteiger partial charge is 0.200 e. The number of hydrazine groups is 1. The lowest BCUT2D eigenvalue weighted by atomic mass is 9.76. The number of hydrogen-bond acceptors (Lipinski definition) is 7. The molecule has 0 aliphatic carbocycles. The molecule has 2 aromatic carbocycles. The average Bonchev–Trinajstić information content (AvgIpc) is 3.12. The molecule has 4 N–H and O–H groups in total. The molecule has 1 fully saturated rings. The molecule has 1 saturated heterocycles. The molecule has 2 heterocycles. The van der Waals surface area contributed by atoms with Gasteiger partial charge in [0.05, 0.1) is 12.7 Å². The highest BCUT2D eigenvalue weighted by atomic mass is 16.5. The second-order valence-corrected chi connectivity index (χ2v) is 7.25. The van der Waals surface area contributed by atoms with Crippen molar-refractivity contribution in [2.75, 3.05) is 7.11 Å². The van der Waals surface area contributed by atoms with Crippen molar-refractivity contribution in [1.29, 1.82) is 5.26 Å². The maximum atomic E-state index is 9.73. The first-order valence-corrected chi connectivity index (χ1v) is 9.54. The molecule has 4 unspecified atom stereocenters. The Hall–Kier alpha value is -3.21. The number of nitrogens with two attached hydrogens (primary N) is 1. The van der Waals surface area contributed by atoms with Gasteiger partial charge < -0.3 is 19.9 Å². The third-order valence-corrected chi connectivity index (χ3v) is 5.50. The van der Waals surface area contributed by atoms with E-state index < -0.39 is 0 Å². The number of allylic oxidation sites excluding steroid dienone is 1. The number of nitrogens with zero attached hydrogens (tertiary/aromatic N) is 1. The predicted octanol–water partition coefficient (Wildman–Crippen LogP) is 2.52. The molecule has 0 amide bonds. The summed E-state index contributed by atoms with van der Waals surface area (Å²) in [6.07, 6.45) is -0.299. The summed E-state index contributed by atoms with van der Waals surface area (Å²) in [5.41, 5.74) is 14.8. The summed E-state index contributed by atoms with van der Waals surface area (Å²) in [5, 5.41) is 9.73. The minimum Gasteiger partial charge on any atom is -0.493 e. The Morgan fingerprint density at radius 2 is 1.93 bits per heavy atom. The van der Waals surface area contributed by atoms with Gasteiger partial charge in [-0.1, -0.05) is 36.4 Å². The SMILES string of the molecule is COc1cc(C2C(C#N)=C(N)OC3NNC(C)C32)ccc1OCc1ccccc1. The lowest BCUT2D eigenvalue weighted by Crippen LogP contribution is -2.41. The highest BCUT2D eigenvalue weighted by molar-refractivity contribution is 5.49. The van der Waals surface area contributed by atoms with E-state index in [1.165, 1.54) is 0 Å². The van der Waals surface area contributed by atoms with Crippen molar-refractivity contribution < 1.29 is 14.2 Å². The Labute approximate surface area is 170 Å². The lowest BCUT2D eigenvalue weighted by Gasteiger charge is -2.35. The fraction of sp³-hybridized carbons (Fsp3) is 0.318. The molecule has 2 aliphatic heterocycles. The van der Waals surface area contributed by atoms with Gasteiger partial charge in [0.2, 0.25) is 5.88 Å². The molecular weight excluding hydrogens is 368 g/mol. The molecule has 0 aromatic heterocycles. The summed E-state index contributed by atoms with van der Waals surface area (Å²) < 4.78 is 17.3. The van der Waals surface area contributed by atoms with Crippen molar-refractivity contribution in [3.8, 4) is 17.6 Å². The summed E-state index contributed by atoms with van der Waals surface area (Å²) >= 11 is 0. The van der Waals surface area contributed by atoms with Crippen LogP contribution >= 0.6 is 0 Å². The van der Waals surface area contributed by atoms with Crippen molar-refractivity contribution in [1.82, 2.24) is 10.9 Å². The first kappa shape index (κ1) is 19.1. The molecule has 29 heavy (non-hydrogen) atoms. The van der Waals surface area contributed by atoms with E-state index in [1.807, 2.05) is 48.5 Å². The van der Waals surface area contributed by atoms with Crippen LogP contribution in [0.1, 0.15) is 24.0 Å². The molecule has 7 heteroatoms. The van der Waals surface area contributed by atoms with Gasteiger partial charge in [-0.05, 0) is 30.2 Å². The third kappa shape index (κ3) is 3.60. The quantitative estimate of drug-likeness (QED) is 0.719. The molecular formula is C22H24N4O3. The van der Waals surface area contributed by atoms with Crippen LogP contribution in [0, 0.1) is 17.2 Å². The Morgan fingerprint density at radius 3 is 2.66 bits per heavy atom. The fourth-order valence-corrected chi connectivity index (χ4v) is 4.03. The highest BCUT2D eigenvalue weighted by Crippen LogP contribution is 2.44. The van der Waals surface area contributed by atoms with Gasteiger partial charge >= 0.3 is 0 Å². The molecule has 7 nitrogen and oxygen atoms in total. The summed E-state index contributed by atoms with van der Waals surface area (Å²) in [7, 11) is 1.61. The van der Waals surface area contributed by atoms with E-state index in [-0.39, 0.29) is 30.0 Å². The van der Waals surface area contributed by atoms with Crippen molar-refractivity contribution in [3.63, 3.8) is 0 Å². The first-order valence-electron chi connectivity index (χ1n) is 9.54. The van der Waals surface area contributed by atoms with Gasteiger partial charge in [0, 0.05) is 17.9 Å². The number of rotatable bonds is 5. The molecule has 2 aromatic rings. The Morgan fingerprint density at radius 1 is 1.14 bits per heavy atom. The number of nitriles is 1. The normalized spacial score (nSPS) is 25.7. The summed E-state index contributed by atoms with van der Waals surface area (Å²) in [6, 6.07) is 18.1. The molecule has 0 radical (unpaired) electrons. The molecule has 0 saturated carbocycles. The zero-order valence-corrected chi connectivity index (χ0v) is 16.4. The molecule has 4 atom stereocenters. The van der Waals surface area contributed by atoms with E-state index in [9.17, 15) is 5.26 Å². The Bertz CT molecular complexity index is 954. The van der Waals surface area contributed by atoms with Gasteiger partial charge in [0.15, 0.2) is 17.7 Å². The van der Waals surface area contributed by atoms with Gasteiger partial charge in [0.1, 0.15) is 12.7 Å². The van der Waals surface area contributed by atoms with Crippen LogP contribution in [0.4, 0.5) is 0 Å². The third-order valence-electron chi connectivity index (χ3n) is 5.50. The van der Waals surface area contributed by atoms with Gasteiger partial charge in [-0.3, -0.25) is 5.43 Å². The molecule has 0 spiro atoms. The van der Waals surface area contributed by atoms with Gasteiger partial charge in [-0.15, -0.1) is 0 Å². The molecule has 2 aliphatic rings. The topological polar surface area (TPSA) is 102 Å². The number of fused-ring (bicyclic) bond motifs is 1. The predicted molar refractivity (Wildman–Crippen MR) is 107 cm³/mol. The van der Waals surface area contributed by atoms with Gasteiger partial charge in [-0.2, -0.15) is 5.26 Å². The van der Waals surface area contributed by atoms with Crippen LogP contribution in [0.2, 0.25) is 0 Å². The van der Waals surface area contributed by atoms with Crippen LogP contribution < -0.4 is 26.1 Å². The standard InChI is InChI=1S/C22H24N4O3/c1-13-19-20(16(11-23)21(24)29-22(19)26-25-13)15-8-9-17(18(10-15)27-2)28-12-14-6-4-3-5-7-14/h3-10,13,19-20,22,25-26H,12,24H2,1-2H3. The Kier molecular flexibility index (Phi) is 5.30. The largest absolute Gasteiger partial charge is 0.493 e. The van der Waals surface area contributed by atoms with Crippen molar-refractivity contribution >= 4 is 0 Å². The number of methoxy groups -OCH3 is 1. The minimum atomic E-state index is -0.299. The van der Waals surface area contributed by atoms with E-state index >= 15 is 0 Å². The highest BCUT2D eigenvalue weighted by Gasteiger charge is 2.47. The number of hydrogen-bond donors (Lipinski definition) is 3. The zero-order valence-electron chi connectivity index (χ0n) is 16.4. The summed E-state index contributed by atoms with van der Waals surface area (Å²) in [4.78, 5) is 0. The summed E-state index contributed by atoms with van der Waals surface area (Å²) in [6.45, 7) is 2.50. The van der Waals surface area contributed by atoms with Gasteiger partial charge in [0.25, 0.3) is 0 Å². The van der Waals surface area contributed by atoms with E-state index in [4.69, 9.17) is 19.9 Å². The van der Waals surface area contributed by atoms with Crippen LogP contribution in [0.5, 0.6) is 11.5 Å². The maximum absolute atomic E-state index is 9.73. The lowest BCUT2D eigenvalue weighted by molar-refractivity contribution is 0.0350. The van der Waals surface area contributed by atoms with Crippen LogP contribution in [0.25, 0.3) is 0 Å². The van der Waals surface area contributed by atoms with Crippen LogP contribution in [-0.4, -0.2) is 19.4 Å². The molecule has 150 valence electrons. The monoisotopic (exact) mass is 392 g/mol. The van der Waals surface area contributed by atoms with Gasteiger partial charge in [-0.25, -0.2) is 5.43 Å². The second kappa shape index (κ2) is 8.03. The van der Waals surface area contributed by atoms with Crippen LogP contribution in [0.3, 0.4) is 0 Å². The van der Waals surface area contributed by atoms with E-state index in [2.05, 4.69) is 23.8 Å². The van der Waals surface area contributed by atoms with E-state index in [0.717, 1.165) is 11.1 Å². The van der Waals surface area contributed by atoms with Crippen molar-refractivity contribution in [2.45, 2.75) is 31.7 Å². The Balaban J connectivity index is 1.65. The molecule has 0 bridgehead atoms. The van der Waals surface area contributed by atoms with E-state index in [1.54, 1.807) is 7.11 Å². The number of nitrogens with one attached hydrogen (secondary N) is 2. The van der Waals surface area contributed by atoms with Crippen molar-refractivity contribution in [3.05, 3.63) is 71.1 Å². The van der Waals surface area contributed by atoms with Crippen LogP contribution in [0.15, 0.2) is 60.0 Å². The average molecular weight is 392 g/mol. The molecule has 4 rings (SSSR count). The van der Waals surface area contributed by atoms with Crippen molar-refractivity contribution in [2.24, 2.45) is 11.7 Å². The van der Waals surface area contributed by atoms with Crippen LogP contribution in [-0.2, 0) is 11.3 Å². The minimum absolute atomic E-state index is 0.0118. The second-order valence-electron chi connectivity index (χ2n) is 7.25.